The van der Waals surface area contributed by atoms with Crippen molar-refractivity contribution in [2.75, 3.05) is 32.6 Å². The molecule has 180 valence electrons. The summed E-state index contributed by atoms with van der Waals surface area (Å²) in [6.07, 6.45) is -4.43. The van der Waals surface area contributed by atoms with Gasteiger partial charge in [0.2, 0.25) is 11.7 Å². The van der Waals surface area contributed by atoms with E-state index in [9.17, 15) is 27.6 Å². The molecule has 33 heavy (non-hydrogen) atoms. The van der Waals surface area contributed by atoms with Gasteiger partial charge in [0.1, 0.15) is 6.54 Å². The van der Waals surface area contributed by atoms with E-state index in [-0.39, 0.29) is 34.2 Å². The Morgan fingerprint density at radius 2 is 1.82 bits per heavy atom. The molecular formula is C22H25F3N2O5S. The number of ether oxygens (including phenoxy) is 2. The summed E-state index contributed by atoms with van der Waals surface area (Å²) in [7, 11) is 1.52. The number of Topliss-reactive ketones (excluding diaryl/α,β-unsaturated/α-hetero) is 1. The number of hydrogen-bond donors (Lipinski definition) is 1. The van der Waals surface area contributed by atoms with Crippen molar-refractivity contribution in [3.8, 4) is 0 Å². The Kier molecular flexibility index (Phi) is 9.54. The molecule has 2 rings (SSSR count). The summed E-state index contributed by atoms with van der Waals surface area (Å²) >= 11 is 1.14. The fourth-order valence-corrected chi connectivity index (χ4v) is 3.91. The number of nitrogens with one attached hydrogen (secondary N) is 1. The summed E-state index contributed by atoms with van der Waals surface area (Å²) in [5, 5.41) is 2.67. The van der Waals surface area contributed by atoms with Crippen molar-refractivity contribution < 1.29 is 37.0 Å². The molecule has 1 aromatic heterocycles. The summed E-state index contributed by atoms with van der Waals surface area (Å²) < 4.78 is 49.3. The summed E-state index contributed by atoms with van der Waals surface area (Å²) in [6, 6.07) is 7.82. The molecule has 0 saturated carbocycles. The molecule has 1 heterocycles. The zero-order chi connectivity index (χ0) is 24.6. The molecule has 0 bridgehead atoms. The van der Waals surface area contributed by atoms with Gasteiger partial charge in [0.15, 0.2) is 6.61 Å². The number of carbonyl (C=O) groups is 3. The number of benzene rings is 1. The van der Waals surface area contributed by atoms with Gasteiger partial charge in [0, 0.05) is 35.5 Å². The minimum absolute atomic E-state index is 0.0676. The lowest BCUT2D eigenvalue weighted by Crippen LogP contribution is -2.28. The molecule has 11 heteroatoms. The maximum atomic E-state index is 12.8. The van der Waals surface area contributed by atoms with Crippen LogP contribution in [0.15, 0.2) is 35.2 Å². The van der Waals surface area contributed by atoms with E-state index in [1.165, 1.54) is 33.1 Å². The predicted octanol–water partition coefficient (Wildman–Crippen LogP) is 3.56. The molecule has 0 aliphatic carbocycles. The molecule has 1 amide bonds. The summed E-state index contributed by atoms with van der Waals surface area (Å²) in [5.74, 6) is -1.54. The normalized spacial score (nSPS) is 11.3. The minimum Gasteiger partial charge on any atom is -0.454 e. The fourth-order valence-electron chi connectivity index (χ4n) is 3.04. The van der Waals surface area contributed by atoms with E-state index in [0.29, 0.717) is 18.0 Å². The van der Waals surface area contributed by atoms with E-state index in [2.05, 4.69) is 5.32 Å². The highest BCUT2D eigenvalue weighted by molar-refractivity contribution is 8.00. The Morgan fingerprint density at radius 1 is 1.12 bits per heavy atom. The lowest BCUT2D eigenvalue weighted by Gasteiger charge is -2.12. The van der Waals surface area contributed by atoms with E-state index < -0.39 is 31.1 Å². The van der Waals surface area contributed by atoms with Crippen molar-refractivity contribution in [2.45, 2.75) is 31.5 Å². The number of aryl methyl sites for hydroxylation is 1. The Balaban J connectivity index is 2.01. The number of methoxy groups -OCH3 is 1. The van der Waals surface area contributed by atoms with Gasteiger partial charge >= 0.3 is 12.1 Å². The second-order valence-electron chi connectivity index (χ2n) is 7.11. The van der Waals surface area contributed by atoms with E-state index in [0.717, 1.165) is 16.3 Å². The van der Waals surface area contributed by atoms with Crippen molar-refractivity contribution in [3.63, 3.8) is 0 Å². The number of amides is 1. The summed E-state index contributed by atoms with van der Waals surface area (Å²) in [4.78, 5) is 37.4. The maximum Gasteiger partial charge on any atom is 0.406 e. The number of thioether (sulfide) groups is 1. The molecule has 0 fully saturated rings. The van der Waals surface area contributed by atoms with Gasteiger partial charge < -0.3 is 19.4 Å². The van der Waals surface area contributed by atoms with Crippen LogP contribution in [0.1, 0.15) is 32.1 Å². The Bertz CT molecular complexity index is 1000. The Morgan fingerprint density at radius 3 is 2.48 bits per heavy atom. The second kappa shape index (κ2) is 11.9. The van der Waals surface area contributed by atoms with E-state index in [1.807, 2.05) is 0 Å². The first-order valence-electron chi connectivity index (χ1n) is 9.94. The molecule has 0 aliphatic heterocycles. The van der Waals surface area contributed by atoms with Crippen LogP contribution in [0.2, 0.25) is 0 Å². The van der Waals surface area contributed by atoms with Crippen LogP contribution in [-0.2, 0) is 20.8 Å². The standard InChI is InChI=1S/C22H25F3N2O5S/c1-14-10-17(15(2)27(14)13-22(23,24)25)18(28)11-32-21(30)16-6-4-5-7-19(16)33-12-20(29)26-8-9-31-3/h4-7,10H,8-9,11-13H2,1-3H3,(H,26,29). The van der Waals surface area contributed by atoms with Crippen LogP contribution in [0, 0.1) is 13.8 Å². The molecule has 2 aromatic rings. The van der Waals surface area contributed by atoms with Crippen molar-refractivity contribution in [1.82, 2.24) is 9.88 Å². The zero-order valence-electron chi connectivity index (χ0n) is 18.5. The van der Waals surface area contributed by atoms with Gasteiger partial charge in [0.25, 0.3) is 0 Å². The number of rotatable bonds is 11. The molecule has 1 aromatic carbocycles. The first kappa shape index (κ1) is 26.5. The molecule has 0 aliphatic rings. The van der Waals surface area contributed by atoms with Crippen molar-refractivity contribution in [3.05, 3.63) is 52.8 Å². The third kappa shape index (κ3) is 7.93. The van der Waals surface area contributed by atoms with Crippen molar-refractivity contribution >= 4 is 29.4 Å². The number of nitrogens with zero attached hydrogens (tertiary/aromatic N) is 1. The van der Waals surface area contributed by atoms with Gasteiger partial charge in [-0.3, -0.25) is 9.59 Å². The number of hydrogen-bond acceptors (Lipinski definition) is 6. The highest BCUT2D eigenvalue weighted by Gasteiger charge is 2.30. The largest absolute Gasteiger partial charge is 0.454 e. The van der Waals surface area contributed by atoms with Crippen LogP contribution < -0.4 is 5.32 Å². The third-order valence-corrected chi connectivity index (χ3v) is 5.71. The van der Waals surface area contributed by atoms with Crippen LogP contribution in [-0.4, -0.2) is 61.0 Å². The topological polar surface area (TPSA) is 86.6 Å². The number of esters is 1. The average Bonchev–Trinajstić information content (AvgIpc) is 3.03. The molecule has 0 saturated heterocycles. The van der Waals surface area contributed by atoms with Crippen molar-refractivity contribution in [2.24, 2.45) is 0 Å². The quantitative estimate of drug-likeness (QED) is 0.226. The molecule has 1 N–H and O–H groups in total. The number of ketones is 1. The number of halogens is 3. The number of carbonyl (C=O) groups excluding carboxylic acids is 3. The van der Waals surface area contributed by atoms with Gasteiger partial charge in [-0.15, -0.1) is 11.8 Å². The molecule has 7 nitrogen and oxygen atoms in total. The van der Waals surface area contributed by atoms with Gasteiger partial charge in [0.05, 0.1) is 17.9 Å². The highest BCUT2D eigenvalue weighted by Crippen LogP contribution is 2.25. The van der Waals surface area contributed by atoms with Gasteiger partial charge in [-0.1, -0.05) is 12.1 Å². The number of alkyl halides is 3. The van der Waals surface area contributed by atoms with Crippen LogP contribution in [0.4, 0.5) is 13.2 Å². The average molecular weight is 487 g/mol. The summed E-state index contributed by atoms with van der Waals surface area (Å²) in [5.41, 5.74) is 0.689. The zero-order valence-corrected chi connectivity index (χ0v) is 19.3. The Labute approximate surface area is 193 Å². The van der Waals surface area contributed by atoms with E-state index in [1.54, 1.807) is 18.2 Å². The molecule has 0 radical (unpaired) electrons. The van der Waals surface area contributed by atoms with E-state index in [4.69, 9.17) is 9.47 Å². The van der Waals surface area contributed by atoms with Gasteiger partial charge in [-0.05, 0) is 32.0 Å². The summed E-state index contributed by atoms with van der Waals surface area (Å²) in [6.45, 7) is 1.81. The third-order valence-electron chi connectivity index (χ3n) is 4.64. The Hall–Kier alpha value is -2.79. The van der Waals surface area contributed by atoms with Crippen LogP contribution in [0.5, 0.6) is 0 Å². The predicted molar refractivity (Wildman–Crippen MR) is 117 cm³/mol. The minimum atomic E-state index is -4.43. The molecule has 0 unspecified atom stereocenters. The monoisotopic (exact) mass is 486 g/mol. The molecular weight excluding hydrogens is 461 g/mol. The maximum absolute atomic E-state index is 12.8. The van der Waals surface area contributed by atoms with Crippen LogP contribution >= 0.6 is 11.8 Å². The lowest BCUT2D eigenvalue weighted by molar-refractivity contribution is -0.141. The lowest BCUT2D eigenvalue weighted by atomic mass is 10.1. The smallest absolute Gasteiger partial charge is 0.406 e. The van der Waals surface area contributed by atoms with Crippen LogP contribution in [0.3, 0.4) is 0 Å². The first-order valence-corrected chi connectivity index (χ1v) is 10.9. The second-order valence-corrected chi connectivity index (χ2v) is 8.13. The number of aromatic nitrogens is 1. The van der Waals surface area contributed by atoms with Gasteiger partial charge in [-0.25, -0.2) is 4.79 Å². The fraction of sp³-hybridized carbons (Fsp3) is 0.409. The first-order chi connectivity index (χ1) is 15.5. The van der Waals surface area contributed by atoms with E-state index >= 15 is 0 Å². The highest BCUT2D eigenvalue weighted by atomic mass is 32.2. The SMILES string of the molecule is COCCNC(=O)CSc1ccccc1C(=O)OCC(=O)c1cc(C)n(CC(F)(F)F)c1C. The molecule has 0 spiro atoms. The molecule has 0 atom stereocenters. The van der Waals surface area contributed by atoms with Crippen molar-refractivity contribution in [1.29, 1.82) is 0 Å². The van der Waals surface area contributed by atoms with Crippen LogP contribution in [0.25, 0.3) is 0 Å². The van der Waals surface area contributed by atoms with Gasteiger partial charge in [-0.2, -0.15) is 13.2 Å².